The van der Waals surface area contributed by atoms with E-state index in [1.54, 1.807) is 12.5 Å². The Balaban J connectivity index is 2.08. The van der Waals surface area contributed by atoms with E-state index in [1.165, 1.54) is 6.08 Å². The van der Waals surface area contributed by atoms with Gasteiger partial charge < -0.3 is 9.67 Å². The van der Waals surface area contributed by atoms with Crippen LogP contribution in [0.3, 0.4) is 0 Å². The average molecular weight is 232 g/mol. The molecule has 1 heterocycles. The van der Waals surface area contributed by atoms with Gasteiger partial charge in [0.1, 0.15) is 5.83 Å². The van der Waals surface area contributed by atoms with E-state index in [9.17, 15) is 4.39 Å². The number of aliphatic hydroxyl groups is 1. The minimum absolute atomic E-state index is 0.535. The SMILES string of the molecule is OC/C(F)=C\c1ccc(Cn2ccnc2)cc1. The third-order valence-corrected chi connectivity index (χ3v) is 2.38. The van der Waals surface area contributed by atoms with Gasteiger partial charge in [0, 0.05) is 18.9 Å². The van der Waals surface area contributed by atoms with E-state index >= 15 is 0 Å². The van der Waals surface area contributed by atoms with Gasteiger partial charge in [-0.05, 0) is 17.2 Å². The van der Waals surface area contributed by atoms with E-state index in [0.29, 0.717) is 0 Å². The van der Waals surface area contributed by atoms with Crippen molar-refractivity contribution < 1.29 is 9.50 Å². The zero-order valence-corrected chi connectivity index (χ0v) is 9.25. The molecule has 0 spiro atoms. The molecule has 2 aromatic rings. The van der Waals surface area contributed by atoms with Crippen molar-refractivity contribution in [3.63, 3.8) is 0 Å². The van der Waals surface area contributed by atoms with Crippen LogP contribution in [0.15, 0.2) is 48.8 Å². The number of halogens is 1. The Bertz CT molecular complexity index is 489. The Morgan fingerprint density at radius 3 is 2.71 bits per heavy atom. The monoisotopic (exact) mass is 232 g/mol. The van der Waals surface area contributed by atoms with Gasteiger partial charge >= 0.3 is 0 Å². The van der Waals surface area contributed by atoms with Crippen LogP contribution in [0.2, 0.25) is 0 Å². The maximum absolute atomic E-state index is 12.8. The fourth-order valence-corrected chi connectivity index (χ4v) is 1.54. The zero-order chi connectivity index (χ0) is 12.1. The lowest BCUT2D eigenvalue weighted by Crippen LogP contribution is -1.95. The summed E-state index contributed by atoms with van der Waals surface area (Å²) in [5, 5.41) is 8.57. The first-order chi connectivity index (χ1) is 8.28. The molecule has 2 rings (SSSR count). The van der Waals surface area contributed by atoms with Gasteiger partial charge in [0.2, 0.25) is 0 Å². The lowest BCUT2D eigenvalue weighted by atomic mass is 10.1. The third-order valence-electron chi connectivity index (χ3n) is 2.38. The predicted molar refractivity (Wildman–Crippen MR) is 63.9 cm³/mol. The first kappa shape index (κ1) is 11.5. The first-order valence-electron chi connectivity index (χ1n) is 5.29. The van der Waals surface area contributed by atoms with Crippen LogP contribution in [-0.2, 0) is 6.54 Å². The topological polar surface area (TPSA) is 38.0 Å². The molecule has 0 saturated carbocycles. The quantitative estimate of drug-likeness (QED) is 0.877. The second kappa shape index (κ2) is 5.41. The highest BCUT2D eigenvalue weighted by atomic mass is 19.1. The van der Waals surface area contributed by atoms with E-state index in [4.69, 9.17) is 5.11 Å². The summed E-state index contributed by atoms with van der Waals surface area (Å²) in [7, 11) is 0. The molecule has 0 radical (unpaired) electrons. The number of rotatable bonds is 4. The highest BCUT2D eigenvalue weighted by Crippen LogP contribution is 2.10. The highest BCUT2D eigenvalue weighted by Gasteiger charge is 1.96. The lowest BCUT2D eigenvalue weighted by molar-refractivity contribution is 0.300. The summed E-state index contributed by atoms with van der Waals surface area (Å²) in [4.78, 5) is 3.96. The minimum atomic E-state index is -0.559. The summed E-state index contributed by atoms with van der Waals surface area (Å²) < 4.78 is 14.8. The number of aliphatic hydroxyl groups excluding tert-OH is 1. The normalized spacial score (nSPS) is 11.8. The Morgan fingerprint density at radius 1 is 1.35 bits per heavy atom. The largest absolute Gasteiger partial charge is 0.389 e. The molecule has 0 saturated heterocycles. The number of benzene rings is 1. The van der Waals surface area contributed by atoms with Gasteiger partial charge in [0.15, 0.2) is 0 Å². The fraction of sp³-hybridized carbons (Fsp3) is 0.154. The van der Waals surface area contributed by atoms with Gasteiger partial charge in [-0.1, -0.05) is 24.3 Å². The summed E-state index contributed by atoms with van der Waals surface area (Å²) in [5.41, 5.74) is 1.86. The van der Waals surface area contributed by atoms with Crippen molar-refractivity contribution in [2.75, 3.05) is 6.61 Å². The van der Waals surface area contributed by atoms with E-state index in [2.05, 4.69) is 4.98 Å². The third kappa shape index (κ3) is 3.26. The van der Waals surface area contributed by atoms with Crippen molar-refractivity contribution in [2.45, 2.75) is 6.54 Å². The number of nitrogens with zero attached hydrogens (tertiary/aromatic N) is 2. The highest BCUT2D eigenvalue weighted by molar-refractivity contribution is 5.51. The van der Waals surface area contributed by atoms with Crippen molar-refractivity contribution >= 4 is 6.08 Å². The first-order valence-corrected chi connectivity index (χ1v) is 5.29. The molecule has 0 fully saturated rings. The van der Waals surface area contributed by atoms with Gasteiger partial charge in [-0.15, -0.1) is 0 Å². The second-order valence-electron chi connectivity index (χ2n) is 3.73. The molecular weight excluding hydrogens is 219 g/mol. The number of hydrogen-bond donors (Lipinski definition) is 1. The van der Waals surface area contributed by atoms with Crippen LogP contribution in [0.1, 0.15) is 11.1 Å². The smallest absolute Gasteiger partial charge is 0.126 e. The Hall–Kier alpha value is -1.94. The number of hydrogen-bond acceptors (Lipinski definition) is 2. The summed E-state index contributed by atoms with van der Waals surface area (Å²) in [6.45, 7) is 0.184. The average Bonchev–Trinajstić information content (AvgIpc) is 2.84. The van der Waals surface area contributed by atoms with Crippen molar-refractivity contribution in [1.82, 2.24) is 9.55 Å². The molecule has 0 atom stereocenters. The fourth-order valence-electron chi connectivity index (χ4n) is 1.54. The summed E-state index contributed by atoms with van der Waals surface area (Å²) in [6, 6.07) is 7.50. The summed E-state index contributed by atoms with van der Waals surface area (Å²) >= 11 is 0. The minimum Gasteiger partial charge on any atom is -0.389 e. The van der Waals surface area contributed by atoms with Gasteiger partial charge in [-0.2, -0.15) is 0 Å². The molecule has 0 aliphatic rings. The Kier molecular flexibility index (Phi) is 3.67. The Morgan fingerprint density at radius 2 is 2.12 bits per heavy atom. The van der Waals surface area contributed by atoms with Crippen LogP contribution >= 0.6 is 0 Å². The molecule has 1 aromatic carbocycles. The number of imidazole rings is 1. The van der Waals surface area contributed by atoms with E-state index in [-0.39, 0.29) is 0 Å². The summed E-state index contributed by atoms with van der Waals surface area (Å²) in [5.74, 6) is -0.535. The standard InChI is InChI=1S/C13H13FN2O/c14-13(9-17)7-11-1-3-12(4-2-11)8-16-6-5-15-10-16/h1-7,10,17H,8-9H2/b13-7+. The maximum atomic E-state index is 12.8. The predicted octanol–water partition coefficient (Wildman–Crippen LogP) is 2.23. The zero-order valence-electron chi connectivity index (χ0n) is 9.25. The van der Waals surface area contributed by atoms with Gasteiger partial charge in [-0.3, -0.25) is 0 Å². The van der Waals surface area contributed by atoms with Crippen molar-refractivity contribution in [2.24, 2.45) is 0 Å². The van der Waals surface area contributed by atoms with Crippen molar-refractivity contribution in [1.29, 1.82) is 0 Å². The number of aromatic nitrogens is 2. The van der Waals surface area contributed by atoms with Crippen LogP contribution in [0, 0.1) is 0 Å². The molecule has 88 valence electrons. The van der Waals surface area contributed by atoms with Gasteiger partial charge in [0.05, 0.1) is 12.9 Å². The molecule has 0 aliphatic carbocycles. The molecule has 1 N–H and O–H groups in total. The van der Waals surface area contributed by atoms with Crippen LogP contribution in [0.4, 0.5) is 4.39 Å². The van der Waals surface area contributed by atoms with Crippen LogP contribution < -0.4 is 0 Å². The van der Waals surface area contributed by atoms with Crippen LogP contribution in [0.25, 0.3) is 6.08 Å². The molecule has 0 amide bonds. The van der Waals surface area contributed by atoms with E-state index in [1.807, 2.05) is 35.0 Å². The molecule has 1 aromatic heterocycles. The maximum Gasteiger partial charge on any atom is 0.126 e. The van der Waals surface area contributed by atoms with E-state index < -0.39 is 12.4 Å². The molecule has 4 heteroatoms. The van der Waals surface area contributed by atoms with E-state index in [0.717, 1.165) is 17.7 Å². The molecule has 0 aliphatic heterocycles. The van der Waals surface area contributed by atoms with Crippen LogP contribution in [-0.4, -0.2) is 21.3 Å². The summed E-state index contributed by atoms with van der Waals surface area (Å²) in [6.07, 6.45) is 6.69. The molecule has 0 unspecified atom stereocenters. The molecule has 0 bridgehead atoms. The van der Waals surface area contributed by atoms with Gasteiger partial charge in [0.25, 0.3) is 0 Å². The van der Waals surface area contributed by atoms with Gasteiger partial charge in [-0.25, -0.2) is 9.37 Å². The van der Waals surface area contributed by atoms with Crippen LogP contribution in [0.5, 0.6) is 0 Å². The lowest BCUT2D eigenvalue weighted by Gasteiger charge is -2.03. The molecule has 17 heavy (non-hydrogen) atoms. The van der Waals surface area contributed by atoms with Crippen molar-refractivity contribution in [3.05, 3.63) is 59.9 Å². The molecule has 3 nitrogen and oxygen atoms in total. The molecular formula is C13H13FN2O. The van der Waals surface area contributed by atoms with Crippen molar-refractivity contribution in [3.8, 4) is 0 Å². The second-order valence-corrected chi connectivity index (χ2v) is 3.73. The Labute approximate surface area is 98.9 Å².